The zero-order valence-corrected chi connectivity index (χ0v) is 16.5. The Morgan fingerprint density at radius 2 is 2.03 bits per heavy atom. The van der Waals surface area contributed by atoms with E-state index in [9.17, 15) is 9.18 Å². The highest BCUT2D eigenvalue weighted by Gasteiger charge is 2.57. The Kier molecular flexibility index (Phi) is 4.84. The van der Waals surface area contributed by atoms with Gasteiger partial charge < -0.3 is 9.64 Å². The van der Waals surface area contributed by atoms with E-state index in [1.54, 1.807) is 6.20 Å². The minimum absolute atomic E-state index is 0.0637. The second-order valence-electron chi connectivity index (χ2n) is 8.57. The van der Waals surface area contributed by atoms with Gasteiger partial charge in [-0.15, -0.1) is 0 Å². The van der Waals surface area contributed by atoms with Gasteiger partial charge in [-0.05, 0) is 48.1 Å². The fourth-order valence-electron chi connectivity index (χ4n) is 4.76. The fourth-order valence-corrected chi connectivity index (χ4v) is 4.76. The Balaban J connectivity index is 1.43. The molecule has 6 heteroatoms. The number of carbonyl (C=O) groups is 1. The van der Waals surface area contributed by atoms with Gasteiger partial charge in [-0.1, -0.05) is 18.2 Å². The minimum Gasteiger partial charge on any atom is -0.361 e. The number of aromatic nitrogens is 1. The van der Waals surface area contributed by atoms with Crippen molar-refractivity contribution in [2.24, 2.45) is 5.92 Å². The molecule has 2 atom stereocenters. The van der Waals surface area contributed by atoms with E-state index in [2.05, 4.69) is 9.88 Å². The van der Waals surface area contributed by atoms with Crippen LogP contribution >= 0.6 is 0 Å². The van der Waals surface area contributed by atoms with Crippen molar-refractivity contribution < 1.29 is 13.9 Å². The van der Waals surface area contributed by atoms with E-state index in [1.807, 2.05) is 35.4 Å². The molecule has 3 fully saturated rings. The highest BCUT2D eigenvalue weighted by Crippen LogP contribution is 2.43. The van der Waals surface area contributed by atoms with Crippen LogP contribution in [0.4, 0.5) is 4.39 Å². The lowest BCUT2D eigenvalue weighted by molar-refractivity contribution is -0.172. The summed E-state index contributed by atoms with van der Waals surface area (Å²) in [5, 5.41) is 0. The largest absolute Gasteiger partial charge is 0.361 e. The molecule has 5 nitrogen and oxygen atoms in total. The van der Waals surface area contributed by atoms with Gasteiger partial charge in [0.05, 0.1) is 6.61 Å². The molecule has 0 radical (unpaired) electrons. The van der Waals surface area contributed by atoms with E-state index in [-0.39, 0.29) is 17.6 Å². The lowest BCUT2D eigenvalue weighted by atomic mass is 9.83. The summed E-state index contributed by atoms with van der Waals surface area (Å²) >= 11 is 0. The van der Waals surface area contributed by atoms with E-state index in [0.29, 0.717) is 38.7 Å². The minimum atomic E-state index is -0.865. The van der Waals surface area contributed by atoms with Gasteiger partial charge in [0.15, 0.2) is 5.60 Å². The molecule has 2 aliphatic heterocycles. The number of rotatable bonds is 5. The number of ether oxygens (including phenoxy) is 1. The van der Waals surface area contributed by atoms with Gasteiger partial charge in [0.25, 0.3) is 5.91 Å². The van der Waals surface area contributed by atoms with Gasteiger partial charge in [-0.3, -0.25) is 14.7 Å². The van der Waals surface area contributed by atoms with E-state index in [1.165, 1.54) is 25.0 Å². The Labute approximate surface area is 170 Å². The number of morpholine rings is 1. The van der Waals surface area contributed by atoms with E-state index in [0.717, 1.165) is 17.7 Å². The standard InChI is InChI=1S/C23H26FN3O2/c24-20-7-5-17(6-8-20)13-26-15-21(19-2-1-9-25-12-19)23(16-26)22(28)27(10-11-29-23)14-18-3-4-18/h1-2,5-9,12,18,21H,3-4,10-11,13-16H2/t21-,23+/m0/s1. The lowest BCUT2D eigenvalue weighted by Crippen LogP contribution is -2.60. The SMILES string of the molecule is O=C1N(CC2CC2)CCO[C@@]12CN(Cc1ccc(F)cc1)C[C@H]2c1cccnc1. The first-order chi connectivity index (χ1) is 14.1. The molecule has 1 amide bonds. The van der Waals surface area contributed by atoms with Crippen LogP contribution in [-0.4, -0.2) is 59.1 Å². The molecular formula is C23H26FN3O2. The first-order valence-electron chi connectivity index (χ1n) is 10.4. The van der Waals surface area contributed by atoms with Gasteiger partial charge in [0, 0.05) is 51.0 Å². The molecule has 0 N–H and O–H groups in total. The quantitative estimate of drug-likeness (QED) is 0.781. The summed E-state index contributed by atoms with van der Waals surface area (Å²) in [4.78, 5) is 22.2. The number of likely N-dealkylation sites (tertiary alicyclic amines) is 1. The molecule has 1 aliphatic carbocycles. The van der Waals surface area contributed by atoms with Crippen molar-refractivity contribution in [3.63, 3.8) is 0 Å². The third-order valence-corrected chi connectivity index (χ3v) is 6.41. The number of benzene rings is 1. The Morgan fingerprint density at radius 1 is 1.21 bits per heavy atom. The van der Waals surface area contributed by atoms with E-state index >= 15 is 0 Å². The van der Waals surface area contributed by atoms with Crippen molar-refractivity contribution in [3.05, 3.63) is 65.7 Å². The van der Waals surface area contributed by atoms with Gasteiger partial charge in [0.2, 0.25) is 0 Å². The second kappa shape index (κ2) is 7.50. The normalized spacial score (nSPS) is 27.7. The Morgan fingerprint density at radius 3 is 2.76 bits per heavy atom. The predicted octanol–water partition coefficient (Wildman–Crippen LogP) is 2.83. The molecule has 152 valence electrons. The van der Waals surface area contributed by atoms with Gasteiger partial charge >= 0.3 is 0 Å². The molecule has 3 aliphatic rings. The van der Waals surface area contributed by atoms with Crippen molar-refractivity contribution in [1.29, 1.82) is 0 Å². The summed E-state index contributed by atoms with van der Waals surface area (Å²) in [6, 6.07) is 10.5. The highest BCUT2D eigenvalue weighted by molar-refractivity contribution is 5.88. The summed E-state index contributed by atoms with van der Waals surface area (Å²) in [6.07, 6.45) is 6.05. The number of nitrogens with zero attached hydrogens (tertiary/aromatic N) is 3. The molecule has 1 aromatic heterocycles. The summed E-state index contributed by atoms with van der Waals surface area (Å²) in [5.41, 5.74) is 1.21. The summed E-state index contributed by atoms with van der Waals surface area (Å²) in [7, 11) is 0. The number of hydrogen-bond acceptors (Lipinski definition) is 4. The first kappa shape index (κ1) is 18.7. The maximum atomic E-state index is 13.6. The fraction of sp³-hybridized carbons (Fsp3) is 0.478. The third kappa shape index (κ3) is 3.67. The van der Waals surface area contributed by atoms with Gasteiger partial charge in [-0.2, -0.15) is 0 Å². The third-order valence-electron chi connectivity index (χ3n) is 6.41. The molecular weight excluding hydrogens is 369 g/mol. The molecule has 0 bridgehead atoms. The van der Waals surface area contributed by atoms with Crippen LogP contribution in [0.1, 0.15) is 29.9 Å². The molecule has 1 spiro atoms. The second-order valence-corrected chi connectivity index (χ2v) is 8.57. The van der Waals surface area contributed by atoms with Gasteiger partial charge in [-0.25, -0.2) is 4.39 Å². The number of halogens is 1. The van der Waals surface area contributed by atoms with Crippen LogP contribution in [0.2, 0.25) is 0 Å². The summed E-state index contributed by atoms with van der Waals surface area (Å²) < 4.78 is 19.6. The lowest BCUT2D eigenvalue weighted by Gasteiger charge is -2.42. The zero-order chi connectivity index (χ0) is 19.8. The average Bonchev–Trinajstić information content (AvgIpc) is 3.48. The van der Waals surface area contributed by atoms with Crippen LogP contribution in [0.25, 0.3) is 0 Å². The van der Waals surface area contributed by atoms with Crippen molar-refractivity contribution in [2.45, 2.75) is 30.9 Å². The highest BCUT2D eigenvalue weighted by atomic mass is 19.1. The molecule has 29 heavy (non-hydrogen) atoms. The molecule has 2 aromatic rings. The van der Waals surface area contributed by atoms with Crippen molar-refractivity contribution in [2.75, 3.05) is 32.8 Å². The molecule has 0 unspecified atom stereocenters. The average molecular weight is 395 g/mol. The van der Waals surface area contributed by atoms with Crippen molar-refractivity contribution in [3.8, 4) is 0 Å². The topological polar surface area (TPSA) is 45.7 Å². The maximum absolute atomic E-state index is 13.6. The summed E-state index contributed by atoms with van der Waals surface area (Å²) in [5.74, 6) is 0.473. The van der Waals surface area contributed by atoms with Crippen LogP contribution in [-0.2, 0) is 16.1 Å². The Hall–Kier alpha value is -2.31. The van der Waals surface area contributed by atoms with Crippen LogP contribution in [0.15, 0.2) is 48.8 Å². The van der Waals surface area contributed by atoms with E-state index in [4.69, 9.17) is 4.74 Å². The number of amides is 1. The van der Waals surface area contributed by atoms with Crippen LogP contribution in [0.3, 0.4) is 0 Å². The van der Waals surface area contributed by atoms with Crippen molar-refractivity contribution in [1.82, 2.24) is 14.8 Å². The molecule has 5 rings (SSSR count). The molecule has 1 saturated carbocycles. The number of hydrogen-bond donors (Lipinski definition) is 0. The predicted molar refractivity (Wildman–Crippen MR) is 107 cm³/mol. The number of pyridine rings is 1. The monoisotopic (exact) mass is 395 g/mol. The maximum Gasteiger partial charge on any atom is 0.256 e. The van der Waals surface area contributed by atoms with Crippen LogP contribution in [0.5, 0.6) is 0 Å². The van der Waals surface area contributed by atoms with Crippen LogP contribution < -0.4 is 0 Å². The van der Waals surface area contributed by atoms with Crippen molar-refractivity contribution >= 4 is 5.91 Å². The molecule has 2 saturated heterocycles. The first-order valence-corrected chi connectivity index (χ1v) is 10.4. The van der Waals surface area contributed by atoms with E-state index < -0.39 is 5.60 Å². The molecule has 3 heterocycles. The smallest absolute Gasteiger partial charge is 0.256 e. The number of carbonyl (C=O) groups excluding carboxylic acids is 1. The Bertz CT molecular complexity index is 871. The van der Waals surface area contributed by atoms with Gasteiger partial charge in [0.1, 0.15) is 5.82 Å². The van der Waals surface area contributed by atoms with Crippen LogP contribution in [0, 0.1) is 11.7 Å². The molecule has 1 aromatic carbocycles. The summed E-state index contributed by atoms with van der Waals surface area (Å²) in [6.45, 7) is 4.02. The zero-order valence-electron chi connectivity index (χ0n) is 16.5.